The van der Waals surface area contributed by atoms with E-state index in [1.54, 1.807) is 30.3 Å². The smallest absolute Gasteiger partial charge is 0.272 e. The molecule has 0 fully saturated rings. The second-order valence-electron chi connectivity index (χ2n) is 7.59. The average molecular weight is 443 g/mol. The number of aryl methyl sites for hydroxylation is 2. The van der Waals surface area contributed by atoms with Crippen LogP contribution < -0.4 is 10.2 Å². The zero-order valence-corrected chi connectivity index (χ0v) is 18.8. The Morgan fingerprint density at radius 2 is 1.53 bits per heavy atom. The zero-order valence-electron chi connectivity index (χ0n) is 18.0. The minimum Gasteiger partial charge on any atom is -0.326 e. The first-order valence-corrected chi connectivity index (χ1v) is 11.0. The van der Waals surface area contributed by atoms with Crippen LogP contribution in [-0.4, -0.2) is 17.7 Å². The highest BCUT2D eigenvalue weighted by atomic mass is 32.2. The van der Waals surface area contributed by atoms with Gasteiger partial charge in [-0.25, -0.2) is 4.90 Å². The fourth-order valence-electron chi connectivity index (χ4n) is 3.49. The van der Waals surface area contributed by atoms with Crippen molar-refractivity contribution in [2.24, 2.45) is 0 Å². The summed E-state index contributed by atoms with van der Waals surface area (Å²) in [4.78, 5) is 40.8. The van der Waals surface area contributed by atoms with Crippen LogP contribution in [0.2, 0.25) is 0 Å². The lowest BCUT2D eigenvalue weighted by molar-refractivity contribution is -0.120. The molecule has 0 aromatic heterocycles. The number of thioether (sulfide) groups is 1. The fourth-order valence-corrected chi connectivity index (χ4v) is 4.50. The van der Waals surface area contributed by atoms with E-state index in [2.05, 4.69) is 5.32 Å². The molecule has 3 aromatic rings. The molecule has 0 saturated heterocycles. The van der Waals surface area contributed by atoms with Gasteiger partial charge < -0.3 is 5.32 Å². The highest BCUT2D eigenvalue weighted by molar-refractivity contribution is 8.04. The van der Waals surface area contributed by atoms with Crippen LogP contribution in [-0.2, 0) is 14.4 Å². The molecule has 6 heteroatoms. The Hall–Kier alpha value is -3.64. The van der Waals surface area contributed by atoms with Crippen LogP contribution in [0.1, 0.15) is 23.6 Å². The first-order chi connectivity index (χ1) is 15.3. The Balaban J connectivity index is 1.79. The van der Waals surface area contributed by atoms with Gasteiger partial charge in [-0.2, -0.15) is 0 Å². The van der Waals surface area contributed by atoms with Crippen LogP contribution in [0.15, 0.2) is 82.6 Å². The summed E-state index contributed by atoms with van der Waals surface area (Å²) in [5, 5.41) is 2.72. The van der Waals surface area contributed by atoms with Gasteiger partial charge in [0, 0.05) is 17.5 Å². The molecule has 1 aliphatic rings. The molecular weight excluding hydrogens is 420 g/mol. The van der Waals surface area contributed by atoms with E-state index in [0.29, 0.717) is 27.4 Å². The van der Waals surface area contributed by atoms with Crippen LogP contribution >= 0.6 is 11.8 Å². The number of benzene rings is 3. The van der Waals surface area contributed by atoms with Crippen LogP contribution in [0.4, 0.5) is 11.4 Å². The lowest BCUT2D eigenvalue weighted by atomic mass is 10.1. The quantitative estimate of drug-likeness (QED) is 0.542. The van der Waals surface area contributed by atoms with Gasteiger partial charge >= 0.3 is 0 Å². The van der Waals surface area contributed by atoms with Crippen molar-refractivity contribution in [2.45, 2.75) is 25.7 Å². The molecule has 4 rings (SSSR count). The van der Waals surface area contributed by atoms with Gasteiger partial charge in [0.2, 0.25) is 5.91 Å². The van der Waals surface area contributed by atoms with Crippen molar-refractivity contribution in [1.29, 1.82) is 0 Å². The van der Waals surface area contributed by atoms with Gasteiger partial charge in [0.25, 0.3) is 11.8 Å². The summed E-state index contributed by atoms with van der Waals surface area (Å²) in [6, 6.07) is 22.0. The van der Waals surface area contributed by atoms with Crippen molar-refractivity contribution < 1.29 is 14.4 Å². The maximum atomic E-state index is 13.5. The monoisotopic (exact) mass is 442 g/mol. The second kappa shape index (κ2) is 8.85. The number of hydrogen-bond acceptors (Lipinski definition) is 4. The van der Waals surface area contributed by atoms with Gasteiger partial charge in [0.05, 0.1) is 16.2 Å². The number of carbonyl (C=O) groups is 3. The number of amides is 3. The van der Waals surface area contributed by atoms with Crippen LogP contribution in [0.25, 0.3) is 5.57 Å². The summed E-state index contributed by atoms with van der Waals surface area (Å²) < 4.78 is 0. The van der Waals surface area contributed by atoms with Gasteiger partial charge in [-0.3, -0.25) is 14.4 Å². The minimum absolute atomic E-state index is 0.176. The second-order valence-corrected chi connectivity index (χ2v) is 8.68. The van der Waals surface area contributed by atoms with Gasteiger partial charge in [-0.05, 0) is 66.9 Å². The van der Waals surface area contributed by atoms with Crippen molar-refractivity contribution >= 4 is 46.4 Å². The third-order valence-corrected chi connectivity index (χ3v) is 6.34. The molecule has 0 spiro atoms. The molecule has 0 radical (unpaired) electrons. The molecule has 1 heterocycles. The van der Waals surface area contributed by atoms with E-state index in [4.69, 9.17) is 0 Å². The molecule has 0 aliphatic carbocycles. The van der Waals surface area contributed by atoms with E-state index >= 15 is 0 Å². The maximum absolute atomic E-state index is 13.5. The highest BCUT2D eigenvalue weighted by Gasteiger charge is 2.40. The molecule has 1 N–H and O–H groups in total. The van der Waals surface area contributed by atoms with Gasteiger partial charge in [-0.1, -0.05) is 48.2 Å². The number of nitrogens with zero attached hydrogens (tertiary/aromatic N) is 1. The van der Waals surface area contributed by atoms with E-state index in [1.807, 2.05) is 56.3 Å². The van der Waals surface area contributed by atoms with Gasteiger partial charge in [0.15, 0.2) is 0 Å². The lowest BCUT2D eigenvalue weighted by Crippen LogP contribution is -2.31. The minimum atomic E-state index is -0.357. The summed E-state index contributed by atoms with van der Waals surface area (Å²) in [5.74, 6) is -0.873. The predicted molar refractivity (Wildman–Crippen MR) is 128 cm³/mol. The fraction of sp³-hybridized carbons (Fsp3) is 0.115. The van der Waals surface area contributed by atoms with E-state index < -0.39 is 0 Å². The Bertz CT molecular complexity index is 1250. The van der Waals surface area contributed by atoms with E-state index in [9.17, 15) is 14.4 Å². The summed E-state index contributed by atoms with van der Waals surface area (Å²) in [6.07, 6.45) is 0. The number of nitrogens with one attached hydrogen (secondary N) is 1. The topological polar surface area (TPSA) is 66.5 Å². The highest BCUT2D eigenvalue weighted by Crippen LogP contribution is 2.41. The maximum Gasteiger partial charge on any atom is 0.272 e. The summed E-state index contributed by atoms with van der Waals surface area (Å²) in [7, 11) is 0. The number of hydrogen-bond donors (Lipinski definition) is 1. The van der Waals surface area contributed by atoms with Crippen LogP contribution in [0, 0.1) is 13.8 Å². The molecule has 3 aromatic carbocycles. The van der Waals surface area contributed by atoms with E-state index in [0.717, 1.165) is 16.0 Å². The van der Waals surface area contributed by atoms with Crippen molar-refractivity contribution in [3.05, 3.63) is 94.4 Å². The summed E-state index contributed by atoms with van der Waals surface area (Å²) in [6.45, 7) is 5.38. The van der Waals surface area contributed by atoms with E-state index in [1.165, 1.54) is 23.6 Å². The Morgan fingerprint density at radius 1 is 0.844 bits per heavy atom. The Kier molecular flexibility index (Phi) is 5.97. The van der Waals surface area contributed by atoms with Crippen LogP contribution in [0.3, 0.4) is 0 Å². The largest absolute Gasteiger partial charge is 0.326 e. The standard InChI is InChI=1S/C26H22N2O3S/c1-16-9-14-21(15-17(16)2)28-25(30)23(19-10-12-20(13-11-19)27-18(3)29)24(26(28)31)32-22-7-5-4-6-8-22/h4-15H,1-3H3,(H,27,29). The molecule has 1 aliphatic heterocycles. The third-order valence-electron chi connectivity index (χ3n) is 5.25. The number of imide groups is 1. The number of carbonyl (C=O) groups excluding carboxylic acids is 3. The molecule has 160 valence electrons. The van der Waals surface area contributed by atoms with Crippen LogP contribution in [0.5, 0.6) is 0 Å². The summed E-state index contributed by atoms with van der Waals surface area (Å²) in [5.41, 5.74) is 4.27. The van der Waals surface area contributed by atoms with Crippen molar-refractivity contribution in [3.8, 4) is 0 Å². The van der Waals surface area contributed by atoms with Crippen molar-refractivity contribution in [3.63, 3.8) is 0 Å². The molecule has 32 heavy (non-hydrogen) atoms. The number of rotatable bonds is 5. The SMILES string of the molecule is CC(=O)Nc1ccc(C2=C(Sc3ccccc3)C(=O)N(c3ccc(C)c(C)c3)C2=O)cc1. The molecular formula is C26H22N2O3S. The average Bonchev–Trinajstić information content (AvgIpc) is 3.01. The summed E-state index contributed by atoms with van der Waals surface area (Å²) >= 11 is 1.28. The third kappa shape index (κ3) is 4.22. The zero-order chi connectivity index (χ0) is 22.8. The van der Waals surface area contributed by atoms with Crippen molar-refractivity contribution in [2.75, 3.05) is 10.2 Å². The Morgan fingerprint density at radius 3 is 2.16 bits per heavy atom. The lowest BCUT2D eigenvalue weighted by Gasteiger charge is -2.16. The molecule has 0 bridgehead atoms. The molecule has 0 atom stereocenters. The molecule has 3 amide bonds. The van der Waals surface area contributed by atoms with Crippen molar-refractivity contribution in [1.82, 2.24) is 0 Å². The molecule has 5 nitrogen and oxygen atoms in total. The molecule has 0 saturated carbocycles. The van der Waals surface area contributed by atoms with Gasteiger partial charge in [0.1, 0.15) is 0 Å². The Labute approximate surface area is 191 Å². The predicted octanol–water partition coefficient (Wildman–Crippen LogP) is 5.34. The van der Waals surface area contributed by atoms with E-state index in [-0.39, 0.29) is 17.7 Å². The molecule has 0 unspecified atom stereocenters. The first kappa shape index (κ1) is 21.6. The first-order valence-electron chi connectivity index (χ1n) is 10.2. The van der Waals surface area contributed by atoms with Gasteiger partial charge in [-0.15, -0.1) is 0 Å². The number of anilines is 2. The normalized spacial score (nSPS) is 13.7.